The van der Waals surface area contributed by atoms with Crippen LogP contribution in [0.15, 0.2) is 62.1 Å². The number of hydrogen-bond acceptors (Lipinski definition) is 2. The monoisotopic (exact) mass is 296 g/mol. The maximum Gasteiger partial charge on any atom is 0.128 e. The Morgan fingerprint density at radius 1 is 0.727 bits per heavy atom. The second-order valence-electron chi connectivity index (χ2n) is 6.30. The highest BCUT2D eigenvalue weighted by molar-refractivity contribution is 5.90. The number of hydrogen-bond donors (Lipinski definition) is 0. The SMILES string of the molecule is C=COC(C)(C)c1cccc2c(C(C)(C)OC=C)cccc12. The maximum atomic E-state index is 5.71. The number of fused-ring (bicyclic) bond motifs is 1. The van der Waals surface area contributed by atoms with Gasteiger partial charge in [0.2, 0.25) is 0 Å². The molecule has 0 aromatic heterocycles. The minimum Gasteiger partial charge on any atom is -0.491 e. The molecule has 0 unspecified atom stereocenters. The summed E-state index contributed by atoms with van der Waals surface area (Å²) in [5.41, 5.74) is 1.37. The van der Waals surface area contributed by atoms with Crippen molar-refractivity contribution in [1.82, 2.24) is 0 Å². The minimum absolute atomic E-state index is 0.441. The molecule has 0 aliphatic heterocycles. The van der Waals surface area contributed by atoms with E-state index in [4.69, 9.17) is 9.47 Å². The van der Waals surface area contributed by atoms with Gasteiger partial charge < -0.3 is 9.47 Å². The zero-order chi connectivity index (χ0) is 16.4. The molecular weight excluding hydrogens is 272 g/mol. The average Bonchev–Trinajstić information content (AvgIpc) is 2.45. The van der Waals surface area contributed by atoms with Gasteiger partial charge in [0.25, 0.3) is 0 Å². The molecule has 116 valence electrons. The second kappa shape index (κ2) is 5.88. The lowest BCUT2D eigenvalue weighted by Crippen LogP contribution is -2.21. The van der Waals surface area contributed by atoms with Crippen LogP contribution in [0.3, 0.4) is 0 Å². The fourth-order valence-corrected chi connectivity index (χ4v) is 2.90. The molecule has 0 N–H and O–H groups in total. The van der Waals surface area contributed by atoms with Crippen LogP contribution in [0, 0.1) is 0 Å². The predicted octanol–water partition coefficient (Wildman–Crippen LogP) is 5.63. The van der Waals surface area contributed by atoms with E-state index in [2.05, 4.69) is 49.6 Å². The van der Waals surface area contributed by atoms with Gasteiger partial charge in [0.1, 0.15) is 11.2 Å². The largest absolute Gasteiger partial charge is 0.491 e. The van der Waals surface area contributed by atoms with E-state index < -0.39 is 11.2 Å². The third-order valence-electron chi connectivity index (χ3n) is 3.98. The highest BCUT2D eigenvalue weighted by Crippen LogP contribution is 2.37. The zero-order valence-corrected chi connectivity index (χ0v) is 13.8. The Hall–Kier alpha value is -2.22. The molecule has 0 atom stereocenters. The van der Waals surface area contributed by atoms with Crippen LogP contribution in [-0.2, 0) is 20.7 Å². The van der Waals surface area contributed by atoms with Crippen molar-refractivity contribution < 1.29 is 9.47 Å². The van der Waals surface area contributed by atoms with E-state index in [-0.39, 0.29) is 0 Å². The van der Waals surface area contributed by atoms with Gasteiger partial charge >= 0.3 is 0 Å². The zero-order valence-electron chi connectivity index (χ0n) is 13.8. The molecule has 0 amide bonds. The molecule has 2 nitrogen and oxygen atoms in total. The number of ether oxygens (including phenoxy) is 2. The van der Waals surface area contributed by atoms with E-state index in [1.165, 1.54) is 12.5 Å². The lowest BCUT2D eigenvalue weighted by Gasteiger charge is -2.29. The summed E-state index contributed by atoms with van der Waals surface area (Å²) in [6.45, 7) is 15.5. The molecule has 0 bridgehead atoms. The highest BCUT2D eigenvalue weighted by atomic mass is 16.5. The van der Waals surface area contributed by atoms with Crippen LogP contribution in [0.5, 0.6) is 0 Å². The Bertz CT molecular complexity index is 635. The quantitative estimate of drug-likeness (QED) is 0.643. The van der Waals surface area contributed by atoms with Crippen molar-refractivity contribution in [2.24, 2.45) is 0 Å². The Kier molecular flexibility index (Phi) is 4.32. The molecule has 0 heterocycles. The number of benzene rings is 2. The first-order valence-corrected chi connectivity index (χ1v) is 7.43. The predicted molar refractivity (Wildman–Crippen MR) is 92.6 cm³/mol. The normalized spacial score (nSPS) is 12.0. The second-order valence-corrected chi connectivity index (χ2v) is 6.30. The van der Waals surface area contributed by atoms with Crippen LogP contribution in [0.2, 0.25) is 0 Å². The summed E-state index contributed by atoms with van der Waals surface area (Å²) in [5.74, 6) is 0. The number of rotatable bonds is 6. The van der Waals surface area contributed by atoms with E-state index >= 15 is 0 Å². The molecule has 0 saturated carbocycles. The van der Waals surface area contributed by atoms with Gasteiger partial charge in [-0.1, -0.05) is 49.6 Å². The van der Waals surface area contributed by atoms with E-state index in [1.807, 2.05) is 27.7 Å². The first-order valence-electron chi connectivity index (χ1n) is 7.43. The summed E-state index contributed by atoms with van der Waals surface area (Å²) in [6, 6.07) is 12.5. The summed E-state index contributed by atoms with van der Waals surface area (Å²) in [4.78, 5) is 0. The van der Waals surface area contributed by atoms with Gasteiger partial charge in [-0.2, -0.15) is 0 Å². The van der Waals surface area contributed by atoms with Gasteiger partial charge in [-0.25, -0.2) is 0 Å². The van der Waals surface area contributed by atoms with Gasteiger partial charge in [0.05, 0.1) is 12.5 Å². The van der Waals surface area contributed by atoms with Crippen molar-refractivity contribution in [3.63, 3.8) is 0 Å². The minimum atomic E-state index is -0.441. The van der Waals surface area contributed by atoms with E-state index in [0.29, 0.717) is 0 Å². The van der Waals surface area contributed by atoms with Crippen molar-refractivity contribution in [2.75, 3.05) is 0 Å². The standard InChI is InChI=1S/C20H24O2/c1-7-21-19(3,4)17-13-9-12-16-15(17)11-10-14-18(16)20(5,6)22-8-2/h7-14H,1-2H2,3-6H3. The van der Waals surface area contributed by atoms with Crippen molar-refractivity contribution in [1.29, 1.82) is 0 Å². The average molecular weight is 296 g/mol. The van der Waals surface area contributed by atoms with E-state index in [0.717, 1.165) is 21.9 Å². The van der Waals surface area contributed by atoms with Crippen molar-refractivity contribution in [3.05, 3.63) is 73.2 Å². The van der Waals surface area contributed by atoms with E-state index in [1.54, 1.807) is 0 Å². The van der Waals surface area contributed by atoms with E-state index in [9.17, 15) is 0 Å². The van der Waals surface area contributed by atoms with Gasteiger partial charge in [-0.05, 0) is 38.5 Å². The lowest BCUT2D eigenvalue weighted by molar-refractivity contribution is 0.0559. The smallest absolute Gasteiger partial charge is 0.128 e. The first-order chi connectivity index (χ1) is 10.3. The van der Waals surface area contributed by atoms with Crippen LogP contribution >= 0.6 is 0 Å². The van der Waals surface area contributed by atoms with Crippen molar-refractivity contribution >= 4 is 10.8 Å². The topological polar surface area (TPSA) is 18.5 Å². The van der Waals surface area contributed by atoms with Crippen molar-refractivity contribution in [2.45, 2.75) is 38.9 Å². The molecule has 2 aromatic carbocycles. The van der Waals surface area contributed by atoms with Gasteiger partial charge in [-0.3, -0.25) is 0 Å². The molecule has 0 radical (unpaired) electrons. The lowest BCUT2D eigenvalue weighted by atomic mass is 9.87. The van der Waals surface area contributed by atoms with Gasteiger partial charge in [0, 0.05) is 11.1 Å². The summed E-state index contributed by atoms with van der Waals surface area (Å²) < 4.78 is 11.4. The Morgan fingerprint density at radius 3 is 1.41 bits per heavy atom. The van der Waals surface area contributed by atoms with Crippen molar-refractivity contribution in [3.8, 4) is 0 Å². The molecule has 0 fully saturated rings. The Morgan fingerprint density at radius 2 is 1.09 bits per heavy atom. The van der Waals surface area contributed by atoms with Gasteiger partial charge in [0.15, 0.2) is 0 Å². The Balaban J connectivity index is 2.71. The summed E-state index contributed by atoms with van der Waals surface area (Å²) in [6.07, 6.45) is 2.99. The Labute approximate surface area is 133 Å². The fourth-order valence-electron chi connectivity index (χ4n) is 2.90. The fraction of sp³-hybridized carbons (Fsp3) is 0.300. The highest BCUT2D eigenvalue weighted by Gasteiger charge is 2.27. The van der Waals surface area contributed by atoms with Crippen LogP contribution in [0.1, 0.15) is 38.8 Å². The maximum absolute atomic E-state index is 5.71. The molecular formula is C20H24O2. The molecule has 2 heteroatoms. The first kappa shape index (κ1) is 16.2. The molecule has 0 saturated heterocycles. The molecule has 22 heavy (non-hydrogen) atoms. The third-order valence-corrected chi connectivity index (χ3v) is 3.98. The van der Waals surface area contributed by atoms with Gasteiger partial charge in [-0.15, -0.1) is 0 Å². The van der Waals surface area contributed by atoms with Crippen LogP contribution < -0.4 is 0 Å². The molecule has 0 aliphatic rings. The third kappa shape index (κ3) is 2.87. The molecule has 0 spiro atoms. The van der Waals surface area contributed by atoms with Crippen LogP contribution in [0.25, 0.3) is 10.8 Å². The molecule has 2 rings (SSSR count). The molecule has 0 aliphatic carbocycles. The summed E-state index contributed by atoms with van der Waals surface area (Å²) >= 11 is 0. The van der Waals surface area contributed by atoms with Crippen LogP contribution in [0.4, 0.5) is 0 Å². The summed E-state index contributed by atoms with van der Waals surface area (Å²) in [5, 5.41) is 2.32. The summed E-state index contributed by atoms with van der Waals surface area (Å²) in [7, 11) is 0. The molecule has 2 aromatic rings. The van der Waals surface area contributed by atoms with Crippen LogP contribution in [-0.4, -0.2) is 0 Å².